The zero-order chi connectivity index (χ0) is 13.0. The lowest BCUT2D eigenvalue weighted by Crippen LogP contribution is -2.36. The fourth-order valence-electron chi connectivity index (χ4n) is 2.27. The van der Waals surface area contributed by atoms with E-state index in [1.165, 1.54) is 11.3 Å². The number of amides is 1. The van der Waals surface area contributed by atoms with Crippen LogP contribution in [-0.2, 0) is 11.3 Å². The number of likely N-dealkylation sites (tertiary alicyclic amines) is 1. The first-order valence-electron chi connectivity index (χ1n) is 6.07. The summed E-state index contributed by atoms with van der Waals surface area (Å²) in [5, 5.41) is 1.93. The highest BCUT2D eigenvalue weighted by atomic mass is 32.1. The lowest BCUT2D eigenvalue weighted by atomic mass is 10.1. The molecule has 1 aliphatic heterocycles. The first-order valence-corrected chi connectivity index (χ1v) is 6.95. The van der Waals surface area contributed by atoms with Gasteiger partial charge in [-0.25, -0.2) is 5.84 Å². The van der Waals surface area contributed by atoms with Crippen molar-refractivity contribution in [1.29, 1.82) is 0 Å². The second-order valence-corrected chi connectivity index (χ2v) is 5.38. The number of ether oxygens (including phenoxy) is 1. The Morgan fingerprint density at radius 3 is 2.94 bits per heavy atom. The number of carbonyl (C=O) groups is 1. The van der Waals surface area contributed by atoms with Crippen LogP contribution in [0, 0.1) is 0 Å². The smallest absolute Gasteiger partial charge is 0.275 e. The van der Waals surface area contributed by atoms with Crippen molar-refractivity contribution in [3.05, 3.63) is 21.9 Å². The third kappa shape index (κ3) is 3.08. The van der Waals surface area contributed by atoms with E-state index in [4.69, 9.17) is 10.6 Å². The number of thiophene rings is 1. The van der Waals surface area contributed by atoms with Crippen LogP contribution in [0.4, 0.5) is 0 Å². The summed E-state index contributed by atoms with van der Waals surface area (Å²) in [5.74, 6) is 4.98. The normalized spacial score (nSPS) is 17.9. The van der Waals surface area contributed by atoms with Crippen molar-refractivity contribution in [3.63, 3.8) is 0 Å². The van der Waals surface area contributed by atoms with Crippen LogP contribution in [0.15, 0.2) is 11.4 Å². The number of hydrogen-bond acceptors (Lipinski definition) is 5. The molecular weight excluding hydrogens is 250 g/mol. The lowest BCUT2D eigenvalue weighted by molar-refractivity contribution is 0.0388. The number of nitrogens with zero attached hydrogens (tertiary/aromatic N) is 1. The molecule has 1 amide bonds. The number of piperidine rings is 1. The summed E-state index contributed by atoms with van der Waals surface area (Å²) in [4.78, 5) is 14.6. The van der Waals surface area contributed by atoms with Gasteiger partial charge in [0.25, 0.3) is 5.91 Å². The molecule has 0 spiro atoms. The molecule has 3 N–H and O–H groups in total. The van der Waals surface area contributed by atoms with Gasteiger partial charge in [-0.15, -0.1) is 11.3 Å². The number of nitrogens with two attached hydrogens (primary N) is 1. The van der Waals surface area contributed by atoms with Crippen molar-refractivity contribution in [2.45, 2.75) is 25.5 Å². The van der Waals surface area contributed by atoms with Gasteiger partial charge in [0.1, 0.15) is 0 Å². The summed E-state index contributed by atoms with van der Waals surface area (Å²) in [6.07, 6.45) is 2.49. The predicted molar refractivity (Wildman–Crippen MR) is 71.3 cm³/mol. The molecule has 1 fully saturated rings. The molecule has 0 radical (unpaired) electrons. The summed E-state index contributed by atoms with van der Waals surface area (Å²) < 4.78 is 5.35. The van der Waals surface area contributed by atoms with Crippen LogP contribution >= 0.6 is 11.3 Å². The Hall–Kier alpha value is -0.950. The SMILES string of the molecule is COC1CCN(Cc2ccsc2C(=O)NN)CC1. The van der Waals surface area contributed by atoms with Crippen molar-refractivity contribution in [2.75, 3.05) is 20.2 Å². The summed E-state index contributed by atoms with van der Waals surface area (Å²) in [5.41, 5.74) is 3.25. The number of methoxy groups -OCH3 is 1. The molecule has 1 aromatic heterocycles. The number of carbonyl (C=O) groups excluding carboxylic acids is 1. The monoisotopic (exact) mass is 269 g/mol. The Kier molecular flexibility index (Phi) is 4.71. The largest absolute Gasteiger partial charge is 0.381 e. The fourth-order valence-corrected chi connectivity index (χ4v) is 3.09. The van der Waals surface area contributed by atoms with Crippen molar-refractivity contribution in [3.8, 4) is 0 Å². The molecular formula is C12H19N3O2S. The van der Waals surface area contributed by atoms with Gasteiger partial charge in [0.15, 0.2) is 0 Å². The van der Waals surface area contributed by atoms with Gasteiger partial charge in [0, 0.05) is 26.7 Å². The summed E-state index contributed by atoms with van der Waals surface area (Å²) in [6.45, 7) is 2.83. The van der Waals surface area contributed by atoms with Crippen LogP contribution < -0.4 is 11.3 Å². The molecule has 2 rings (SSSR count). The number of hydrazine groups is 1. The second kappa shape index (κ2) is 6.29. The number of hydrogen-bond donors (Lipinski definition) is 2. The maximum atomic E-state index is 11.6. The first-order chi connectivity index (χ1) is 8.74. The van der Waals surface area contributed by atoms with Gasteiger partial charge in [-0.2, -0.15) is 0 Å². The van der Waals surface area contributed by atoms with Gasteiger partial charge in [0.2, 0.25) is 0 Å². The van der Waals surface area contributed by atoms with E-state index in [1.54, 1.807) is 7.11 Å². The van der Waals surface area contributed by atoms with Gasteiger partial charge >= 0.3 is 0 Å². The highest BCUT2D eigenvalue weighted by molar-refractivity contribution is 7.12. The highest BCUT2D eigenvalue weighted by Crippen LogP contribution is 2.21. The van der Waals surface area contributed by atoms with Gasteiger partial charge in [0.05, 0.1) is 11.0 Å². The van der Waals surface area contributed by atoms with E-state index in [0.29, 0.717) is 11.0 Å². The van der Waals surface area contributed by atoms with E-state index in [0.717, 1.165) is 38.0 Å². The Labute approximate surface area is 111 Å². The van der Waals surface area contributed by atoms with E-state index in [9.17, 15) is 4.79 Å². The number of nitrogen functional groups attached to an aromatic ring is 1. The zero-order valence-electron chi connectivity index (χ0n) is 10.5. The van der Waals surface area contributed by atoms with Crippen LogP contribution in [0.5, 0.6) is 0 Å². The number of nitrogens with one attached hydrogen (secondary N) is 1. The molecule has 5 nitrogen and oxygen atoms in total. The average molecular weight is 269 g/mol. The lowest BCUT2D eigenvalue weighted by Gasteiger charge is -2.31. The van der Waals surface area contributed by atoms with E-state index in [-0.39, 0.29) is 5.91 Å². The van der Waals surface area contributed by atoms with E-state index >= 15 is 0 Å². The Bertz CT molecular complexity index is 400. The van der Waals surface area contributed by atoms with Crippen molar-refractivity contribution in [2.24, 2.45) is 5.84 Å². The first kappa shape index (κ1) is 13.5. The molecule has 1 saturated heterocycles. The van der Waals surface area contributed by atoms with Crippen LogP contribution in [0.1, 0.15) is 28.1 Å². The zero-order valence-corrected chi connectivity index (χ0v) is 11.3. The standard InChI is InChI=1S/C12H19N3O2S/c1-17-10-2-5-15(6-3-10)8-9-4-7-18-11(9)12(16)14-13/h4,7,10H,2-3,5-6,8,13H2,1H3,(H,14,16). The van der Waals surface area contributed by atoms with E-state index in [1.807, 2.05) is 11.4 Å². The van der Waals surface area contributed by atoms with Gasteiger partial charge in [-0.05, 0) is 29.9 Å². The molecule has 1 aliphatic rings. The summed E-state index contributed by atoms with van der Waals surface area (Å²) in [7, 11) is 1.77. The van der Waals surface area contributed by atoms with Crippen LogP contribution in [0.2, 0.25) is 0 Å². The minimum absolute atomic E-state index is 0.202. The molecule has 100 valence electrons. The van der Waals surface area contributed by atoms with E-state index < -0.39 is 0 Å². The van der Waals surface area contributed by atoms with Crippen molar-refractivity contribution < 1.29 is 9.53 Å². The van der Waals surface area contributed by atoms with Gasteiger partial charge < -0.3 is 4.74 Å². The second-order valence-electron chi connectivity index (χ2n) is 4.46. The maximum absolute atomic E-state index is 11.6. The molecule has 0 unspecified atom stereocenters. The minimum atomic E-state index is -0.202. The Morgan fingerprint density at radius 1 is 1.61 bits per heavy atom. The summed E-state index contributed by atoms with van der Waals surface area (Å²) in [6, 6.07) is 2.00. The molecule has 0 aromatic carbocycles. The molecule has 0 bridgehead atoms. The highest BCUT2D eigenvalue weighted by Gasteiger charge is 2.20. The van der Waals surface area contributed by atoms with Crippen LogP contribution in [-0.4, -0.2) is 37.1 Å². The quantitative estimate of drug-likeness (QED) is 0.485. The maximum Gasteiger partial charge on any atom is 0.275 e. The van der Waals surface area contributed by atoms with Crippen LogP contribution in [0.3, 0.4) is 0 Å². The molecule has 6 heteroatoms. The van der Waals surface area contributed by atoms with E-state index in [2.05, 4.69) is 10.3 Å². The molecule has 2 heterocycles. The summed E-state index contributed by atoms with van der Waals surface area (Å²) >= 11 is 1.43. The molecule has 1 aromatic rings. The minimum Gasteiger partial charge on any atom is -0.381 e. The Balaban J connectivity index is 1.94. The Morgan fingerprint density at radius 2 is 2.33 bits per heavy atom. The fraction of sp³-hybridized carbons (Fsp3) is 0.583. The number of rotatable bonds is 4. The third-order valence-electron chi connectivity index (χ3n) is 3.35. The molecule has 18 heavy (non-hydrogen) atoms. The molecule has 0 saturated carbocycles. The molecule has 0 atom stereocenters. The van der Waals surface area contributed by atoms with Crippen molar-refractivity contribution in [1.82, 2.24) is 10.3 Å². The third-order valence-corrected chi connectivity index (χ3v) is 4.30. The van der Waals surface area contributed by atoms with Crippen LogP contribution in [0.25, 0.3) is 0 Å². The van der Waals surface area contributed by atoms with Gasteiger partial charge in [-0.3, -0.25) is 15.1 Å². The average Bonchev–Trinajstić information content (AvgIpc) is 2.87. The molecule has 0 aliphatic carbocycles. The van der Waals surface area contributed by atoms with Gasteiger partial charge in [-0.1, -0.05) is 0 Å². The predicted octanol–water partition coefficient (Wildman–Crippen LogP) is 0.962. The van der Waals surface area contributed by atoms with Crippen molar-refractivity contribution >= 4 is 17.2 Å². The topological polar surface area (TPSA) is 67.6 Å².